The van der Waals surface area contributed by atoms with E-state index in [0.29, 0.717) is 0 Å². The van der Waals surface area contributed by atoms with E-state index >= 15 is 0 Å². The van der Waals surface area contributed by atoms with Gasteiger partial charge >= 0.3 is 17.7 Å². The van der Waals surface area contributed by atoms with Gasteiger partial charge < -0.3 is 35.3 Å². The molecule has 0 spiro atoms. The first kappa shape index (κ1) is 16.1. The molecule has 0 aliphatic carbocycles. The number of ether oxygens (including phenoxy) is 3. The van der Waals surface area contributed by atoms with E-state index in [2.05, 4.69) is 0 Å². The highest BCUT2D eigenvalue weighted by atomic mass is 16.8. The van der Waals surface area contributed by atoms with Crippen LogP contribution in [0.1, 0.15) is 19.8 Å². The maximum Gasteiger partial charge on any atom is 0.380 e. The normalized spacial score (nSPS) is 40.3. The molecule has 6 atom stereocenters. The SMILES string of the molecule is CCC(=O)O[C@@]12C[C@H](O)[C@@H](N)[C@@H](O1)[C@@H]([C@H](O)CO)OC2=O. The Bertz CT molecular complexity index is 429. The first-order chi connectivity index (χ1) is 9.84. The summed E-state index contributed by atoms with van der Waals surface area (Å²) in [6, 6.07) is -0.960. The van der Waals surface area contributed by atoms with E-state index in [1.54, 1.807) is 0 Å². The van der Waals surface area contributed by atoms with Crippen LogP contribution in [0, 0.1) is 0 Å². The molecule has 0 amide bonds. The third kappa shape index (κ3) is 2.74. The van der Waals surface area contributed by atoms with Gasteiger partial charge in [-0.15, -0.1) is 0 Å². The number of aliphatic hydroxyl groups excluding tert-OH is 3. The number of carbonyl (C=O) groups excluding carboxylic acids is 2. The van der Waals surface area contributed by atoms with Crippen molar-refractivity contribution in [3.63, 3.8) is 0 Å². The Labute approximate surface area is 120 Å². The third-order valence-electron chi connectivity index (χ3n) is 3.64. The molecule has 2 aliphatic heterocycles. The number of hydrogen-bond donors (Lipinski definition) is 4. The Balaban J connectivity index is 2.30. The highest BCUT2D eigenvalue weighted by Gasteiger charge is 2.62. The van der Waals surface area contributed by atoms with Gasteiger partial charge in [0, 0.05) is 6.42 Å². The lowest BCUT2D eigenvalue weighted by molar-refractivity contribution is -0.332. The predicted octanol–water partition coefficient (Wildman–Crippen LogP) is -2.61. The maximum atomic E-state index is 12.1. The molecule has 2 saturated heterocycles. The number of rotatable bonds is 4. The van der Waals surface area contributed by atoms with Gasteiger partial charge in [-0.05, 0) is 0 Å². The molecule has 2 rings (SSSR count). The van der Waals surface area contributed by atoms with Crippen LogP contribution >= 0.6 is 0 Å². The summed E-state index contributed by atoms with van der Waals surface area (Å²) in [6.45, 7) is 0.857. The van der Waals surface area contributed by atoms with E-state index in [1.165, 1.54) is 6.92 Å². The number of esters is 2. The highest BCUT2D eigenvalue weighted by Crippen LogP contribution is 2.38. The molecule has 0 unspecified atom stereocenters. The molecule has 0 aromatic carbocycles. The molecule has 2 aliphatic rings. The predicted molar refractivity (Wildman–Crippen MR) is 65.6 cm³/mol. The van der Waals surface area contributed by atoms with Crippen LogP contribution in [0.4, 0.5) is 0 Å². The van der Waals surface area contributed by atoms with Crippen molar-refractivity contribution in [2.75, 3.05) is 6.61 Å². The van der Waals surface area contributed by atoms with Crippen molar-refractivity contribution < 1.29 is 39.1 Å². The number of carbonyl (C=O) groups is 2. The van der Waals surface area contributed by atoms with Gasteiger partial charge in [0.1, 0.15) is 12.2 Å². The molecule has 2 heterocycles. The molecule has 9 heteroatoms. The monoisotopic (exact) mass is 305 g/mol. The summed E-state index contributed by atoms with van der Waals surface area (Å²) in [6.07, 6.45) is -5.30. The molecule has 2 bridgehead atoms. The maximum absolute atomic E-state index is 12.1. The number of fused-ring (bicyclic) bond motifs is 2. The molecular weight excluding hydrogens is 286 g/mol. The molecule has 0 aromatic rings. The molecule has 0 aromatic heterocycles. The van der Waals surface area contributed by atoms with Gasteiger partial charge in [0.05, 0.1) is 25.2 Å². The van der Waals surface area contributed by atoms with Crippen LogP contribution in [0.3, 0.4) is 0 Å². The Morgan fingerprint density at radius 1 is 1.62 bits per heavy atom. The minimum absolute atomic E-state index is 0.00784. The van der Waals surface area contributed by atoms with Gasteiger partial charge in [0.2, 0.25) is 0 Å². The second kappa shape index (κ2) is 5.85. The first-order valence-electron chi connectivity index (χ1n) is 6.68. The van der Waals surface area contributed by atoms with Crippen LogP contribution in [-0.2, 0) is 23.8 Å². The third-order valence-corrected chi connectivity index (χ3v) is 3.64. The van der Waals surface area contributed by atoms with Crippen molar-refractivity contribution in [3.8, 4) is 0 Å². The fourth-order valence-corrected chi connectivity index (χ4v) is 2.44. The zero-order chi connectivity index (χ0) is 15.8. The van der Waals surface area contributed by atoms with E-state index in [0.717, 1.165) is 0 Å². The van der Waals surface area contributed by atoms with Crippen molar-refractivity contribution in [1.29, 1.82) is 0 Å². The van der Waals surface area contributed by atoms with Crippen LogP contribution < -0.4 is 5.73 Å². The van der Waals surface area contributed by atoms with Crippen LogP contribution in [0.25, 0.3) is 0 Å². The summed E-state index contributed by atoms with van der Waals surface area (Å²) in [5, 5.41) is 28.6. The topological polar surface area (TPSA) is 149 Å². The van der Waals surface area contributed by atoms with E-state index in [-0.39, 0.29) is 12.8 Å². The number of aliphatic hydroxyl groups is 3. The number of nitrogens with two attached hydrogens (primary N) is 1. The summed E-state index contributed by atoms with van der Waals surface area (Å²) in [5.41, 5.74) is 5.78. The minimum Gasteiger partial charge on any atom is -0.452 e. The van der Waals surface area contributed by atoms with Crippen molar-refractivity contribution in [3.05, 3.63) is 0 Å². The summed E-state index contributed by atoms with van der Waals surface area (Å²) in [4.78, 5) is 23.6. The van der Waals surface area contributed by atoms with E-state index in [9.17, 15) is 19.8 Å². The Morgan fingerprint density at radius 2 is 2.29 bits per heavy atom. The number of cyclic esters (lactones) is 1. The van der Waals surface area contributed by atoms with Crippen molar-refractivity contribution >= 4 is 11.9 Å². The van der Waals surface area contributed by atoms with Crippen molar-refractivity contribution in [1.82, 2.24) is 0 Å². The van der Waals surface area contributed by atoms with Crippen molar-refractivity contribution in [2.24, 2.45) is 5.73 Å². The van der Waals surface area contributed by atoms with Gasteiger partial charge in [0.25, 0.3) is 0 Å². The van der Waals surface area contributed by atoms with Crippen LogP contribution in [0.2, 0.25) is 0 Å². The molecule has 0 saturated carbocycles. The van der Waals surface area contributed by atoms with Gasteiger partial charge in [-0.25, -0.2) is 4.79 Å². The average molecular weight is 305 g/mol. The molecule has 5 N–H and O–H groups in total. The molecule has 2 fully saturated rings. The van der Waals surface area contributed by atoms with Gasteiger partial charge in [0.15, 0.2) is 6.10 Å². The lowest BCUT2D eigenvalue weighted by Crippen LogP contribution is -2.71. The Hall–Kier alpha value is -1.26. The largest absolute Gasteiger partial charge is 0.452 e. The zero-order valence-corrected chi connectivity index (χ0v) is 11.5. The summed E-state index contributed by atoms with van der Waals surface area (Å²) in [5.74, 6) is -3.79. The zero-order valence-electron chi connectivity index (χ0n) is 11.5. The summed E-state index contributed by atoms with van der Waals surface area (Å²) in [7, 11) is 0. The standard InChI is InChI=1S/C12H19NO8/c1-2-7(17)20-12-3-5(15)8(13)10(21-12)9(6(16)4-14)19-11(12)18/h5-6,8-10,14-16H,2-4,13H2,1H3/t5-,6+,8+,9+,10+,12-/m0/s1. The van der Waals surface area contributed by atoms with E-state index in [4.69, 9.17) is 25.1 Å². The lowest BCUT2D eigenvalue weighted by atomic mass is 9.87. The smallest absolute Gasteiger partial charge is 0.380 e. The number of hydrogen-bond acceptors (Lipinski definition) is 9. The van der Waals surface area contributed by atoms with Crippen LogP contribution in [-0.4, -0.2) is 70.1 Å². The molecule has 0 radical (unpaired) electrons. The Kier molecular flexibility index (Phi) is 4.49. The molecule has 120 valence electrons. The fourth-order valence-electron chi connectivity index (χ4n) is 2.44. The fraction of sp³-hybridized carbons (Fsp3) is 0.833. The second-order valence-electron chi connectivity index (χ2n) is 5.13. The molecular formula is C12H19NO8. The Morgan fingerprint density at radius 3 is 2.86 bits per heavy atom. The quantitative estimate of drug-likeness (QED) is 0.410. The average Bonchev–Trinajstić information content (AvgIpc) is 2.46. The summed E-state index contributed by atoms with van der Waals surface area (Å²) >= 11 is 0. The first-order valence-corrected chi connectivity index (χ1v) is 6.68. The van der Waals surface area contributed by atoms with Gasteiger partial charge in [-0.3, -0.25) is 4.79 Å². The van der Waals surface area contributed by atoms with Crippen LogP contribution in [0.15, 0.2) is 0 Å². The summed E-state index contributed by atoms with van der Waals surface area (Å²) < 4.78 is 15.5. The van der Waals surface area contributed by atoms with E-state index < -0.39 is 54.8 Å². The molecule has 9 nitrogen and oxygen atoms in total. The van der Waals surface area contributed by atoms with E-state index in [1.807, 2.05) is 0 Å². The second-order valence-corrected chi connectivity index (χ2v) is 5.13. The molecule has 21 heavy (non-hydrogen) atoms. The highest BCUT2D eigenvalue weighted by molar-refractivity contribution is 5.83. The van der Waals surface area contributed by atoms with Crippen molar-refractivity contribution in [2.45, 2.75) is 56.0 Å². The van der Waals surface area contributed by atoms with Crippen LogP contribution in [0.5, 0.6) is 0 Å². The minimum atomic E-state index is -2.06. The van der Waals surface area contributed by atoms with Gasteiger partial charge in [-0.1, -0.05) is 6.92 Å². The lowest BCUT2D eigenvalue weighted by Gasteiger charge is -2.50. The van der Waals surface area contributed by atoms with Gasteiger partial charge in [-0.2, -0.15) is 0 Å².